The summed E-state index contributed by atoms with van der Waals surface area (Å²) >= 11 is 0. The third kappa shape index (κ3) is 6.31. The number of amides is 2. The van der Waals surface area contributed by atoms with E-state index in [1.807, 2.05) is 0 Å². The first-order valence-electron chi connectivity index (χ1n) is 8.76. The van der Waals surface area contributed by atoms with E-state index in [4.69, 9.17) is 10.5 Å². The molecule has 2 amide bonds. The van der Waals surface area contributed by atoms with Crippen LogP contribution in [0.3, 0.4) is 0 Å². The molecule has 0 aliphatic rings. The minimum Gasteiger partial charge on any atom is -0.486 e. The van der Waals surface area contributed by atoms with Gasteiger partial charge in [-0.15, -0.1) is 0 Å². The molecule has 0 fully saturated rings. The molecule has 0 aliphatic carbocycles. The maximum absolute atomic E-state index is 14.2. The molecule has 4 N–H and O–H groups in total. The van der Waals surface area contributed by atoms with Crippen LogP contribution in [-0.4, -0.2) is 24.4 Å². The number of carbonyl (C=O) groups excluding carboxylic acids is 2. The molecule has 0 aromatic heterocycles. The lowest BCUT2D eigenvalue weighted by Gasteiger charge is -2.15. The van der Waals surface area contributed by atoms with E-state index in [-0.39, 0.29) is 30.5 Å². The van der Waals surface area contributed by atoms with Crippen LogP contribution in [0, 0.1) is 17.6 Å². The van der Waals surface area contributed by atoms with Crippen LogP contribution in [0.1, 0.15) is 19.4 Å². The van der Waals surface area contributed by atoms with Crippen LogP contribution in [0.2, 0.25) is 0 Å². The van der Waals surface area contributed by atoms with Gasteiger partial charge in [0.1, 0.15) is 12.4 Å². The van der Waals surface area contributed by atoms with Crippen LogP contribution in [0.4, 0.5) is 14.5 Å². The zero-order valence-electron chi connectivity index (χ0n) is 15.7. The number of nitrogens with two attached hydrogens (primary N) is 1. The van der Waals surface area contributed by atoms with Gasteiger partial charge in [-0.1, -0.05) is 26.0 Å². The maximum Gasteiger partial charge on any atom is 0.243 e. The summed E-state index contributed by atoms with van der Waals surface area (Å²) in [5.74, 6) is -2.12. The van der Waals surface area contributed by atoms with Gasteiger partial charge in [0.25, 0.3) is 0 Å². The third-order valence-electron chi connectivity index (χ3n) is 3.94. The van der Waals surface area contributed by atoms with Crippen LogP contribution in [0.5, 0.6) is 5.75 Å². The van der Waals surface area contributed by atoms with Gasteiger partial charge in [-0.05, 0) is 35.7 Å². The quantitative estimate of drug-likeness (QED) is 0.645. The summed E-state index contributed by atoms with van der Waals surface area (Å²) in [5, 5.41) is 4.90. The van der Waals surface area contributed by atoms with E-state index >= 15 is 0 Å². The normalized spacial score (nSPS) is 11.8. The van der Waals surface area contributed by atoms with Gasteiger partial charge in [0.05, 0.1) is 12.6 Å². The van der Waals surface area contributed by atoms with Crippen molar-refractivity contribution in [2.75, 3.05) is 11.9 Å². The van der Waals surface area contributed by atoms with Gasteiger partial charge >= 0.3 is 0 Å². The summed E-state index contributed by atoms with van der Waals surface area (Å²) in [6, 6.07) is 9.01. The molecule has 1 atom stereocenters. The number of anilines is 1. The highest BCUT2D eigenvalue weighted by atomic mass is 19.1. The molecule has 28 heavy (non-hydrogen) atoms. The highest BCUT2D eigenvalue weighted by Gasteiger charge is 2.17. The molecule has 150 valence electrons. The summed E-state index contributed by atoms with van der Waals surface area (Å²) in [6.45, 7) is 3.32. The summed E-state index contributed by atoms with van der Waals surface area (Å²) < 4.78 is 32.6. The predicted molar refractivity (Wildman–Crippen MR) is 102 cm³/mol. The van der Waals surface area contributed by atoms with E-state index in [9.17, 15) is 18.4 Å². The van der Waals surface area contributed by atoms with Crippen molar-refractivity contribution < 1.29 is 23.1 Å². The fraction of sp³-hybridized carbons (Fsp3) is 0.300. The van der Waals surface area contributed by atoms with E-state index in [0.29, 0.717) is 5.56 Å². The average molecular weight is 391 g/mol. The number of hydrogen-bond acceptors (Lipinski definition) is 4. The molecule has 0 unspecified atom stereocenters. The highest BCUT2D eigenvalue weighted by molar-refractivity contribution is 5.95. The second-order valence-corrected chi connectivity index (χ2v) is 6.60. The minimum atomic E-state index is -0.709. The maximum atomic E-state index is 14.2. The van der Waals surface area contributed by atoms with Crippen molar-refractivity contribution in [2.45, 2.75) is 26.5 Å². The van der Waals surface area contributed by atoms with Crippen LogP contribution < -0.4 is 21.1 Å². The molecule has 0 saturated heterocycles. The lowest BCUT2D eigenvalue weighted by atomic mass is 10.1. The molecule has 2 rings (SSSR count). The lowest BCUT2D eigenvalue weighted by molar-refractivity contribution is -0.125. The first-order valence-corrected chi connectivity index (χ1v) is 8.76. The van der Waals surface area contributed by atoms with Gasteiger partial charge in [0, 0.05) is 11.8 Å². The Hall–Kier alpha value is -3.00. The second-order valence-electron chi connectivity index (χ2n) is 6.60. The molecular weight excluding hydrogens is 368 g/mol. The Kier molecular flexibility index (Phi) is 7.45. The zero-order chi connectivity index (χ0) is 20.7. The van der Waals surface area contributed by atoms with E-state index in [1.165, 1.54) is 30.3 Å². The van der Waals surface area contributed by atoms with Gasteiger partial charge in [-0.3, -0.25) is 9.59 Å². The van der Waals surface area contributed by atoms with Crippen molar-refractivity contribution in [1.82, 2.24) is 5.32 Å². The molecule has 0 bridgehead atoms. The van der Waals surface area contributed by atoms with Crippen molar-refractivity contribution in [3.63, 3.8) is 0 Å². The van der Waals surface area contributed by atoms with E-state index in [1.54, 1.807) is 19.9 Å². The van der Waals surface area contributed by atoms with Crippen molar-refractivity contribution in [3.05, 3.63) is 59.7 Å². The minimum absolute atomic E-state index is 0.00250. The van der Waals surface area contributed by atoms with Gasteiger partial charge in [-0.2, -0.15) is 0 Å². The molecule has 2 aromatic rings. The molecule has 0 radical (unpaired) electrons. The van der Waals surface area contributed by atoms with Crippen LogP contribution in [0.25, 0.3) is 0 Å². The number of nitrogens with one attached hydrogen (secondary N) is 2. The number of halogens is 2. The summed E-state index contributed by atoms with van der Waals surface area (Å²) in [6.07, 6.45) is 0. The standard InChI is InChI=1S/C20H23F2N3O3/c1-12(2)19(23)20(27)24-10-18(26)25-15-6-7-17(16(22)9-15)28-11-13-4-3-5-14(21)8-13/h3-9,12,19H,10-11,23H2,1-2H3,(H,24,27)(H,25,26)/t19-/m0/s1. The summed E-state index contributed by atoms with van der Waals surface area (Å²) in [7, 11) is 0. The highest BCUT2D eigenvalue weighted by Crippen LogP contribution is 2.22. The lowest BCUT2D eigenvalue weighted by Crippen LogP contribution is -2.46. The molecule has 2 aromatic carbocycles. The SMILES string of the molecule is CC(C)[C@H](N)C(=O)NCC(=O)Nc1ccc(OCc2cccc(F)c2)c(F)c1. The molecule has 6 nitrogen and oxygen atoms in total. The van der Waals surface area contributed by atoms with Gasteiger partial charge < -0.3 is 21.1 Å². The van der Waals surface area contributed by atoms with Crippen LogP contribution >= 0.6 is 0 Å². The molecule has 0 saturated carbocycles. The number of rotatable bonds is 8. The Labute approximate surface area is 162 Å². The monoisotopic (exact) mass is 391 g/mol. The van der Waals surface area contributed by atoms with Gasteiger partial charge in [0.2, 0.25) is 11.8 Å². The second kappa shape index (κ2) is 9.80. The molecule has 0 aliphatic heterocycles. The van der Waals surface area contributed by atoms with Gasteiger partial charge in [-0.25, -0.2) is 8.78 Å². The number of benzene rings is 2. The molecule has 0 spiro atoms. The van der Waals surface area contributed by atoms with E-state index in [0.717, 1.165) is 6.07 Å². The fourth-order valence-electron chi connectivity index (χ4n) is 2.28. The largest absolute Gasteiger partial charge is 0.486 e. The summed E-state index contributed by atoms with van der Waals surface area (Å²) in [5.41, 5.74) is 6.46. The molecule has 8 heteroatoms. The predicted octanol–water partition coefficient (Wildman–Crippen LogP) is 2.58. The van der Waals surface area contributed by atoms with E-state index in [2.05, 4.69) is 10.6 Å². The van der Waals surface area contributed by atoms with Crippen LogP contribution in [0.15, 0.2) is 42.5 Å². The topological polar surface area (TPSA) is 93.5 Å². The average Bonchev–Trinajstić information content (AvgIpc) is 2.64. The first kappa shape index (κ1) is 21.3. The number of carbonyl (C=O) groups is 2. The zero-order valence-corrected chi connectivity index (χ0v) is 15.7. The van der Waals surface area contributed by atoms with Crippen molar-refractivity contribution in [3.8, 4) is 5.75 Å². The smallest absolute Gasteiger partial charge is 0.243 e. The van der Waals surface area contributed by atoms with Gasteiger partial charge in [0.15, 0.2) is 11.6 Å². The summed E-state index contributed by atoms with van der Waals surface area (Å²) in [4.78, 5) is 23.6. The van der Waals surface area contributed by atoms with Crippen molar-refractivity contribution in [2.24, 2.45) is 11.7 Å². The number of ether oxygens (including phenoxy) is 1. The van der Waals surface area contributed by atoms with Crippen LogP contribution in [-0.2, 0) is 16.2 Å². The van der Waals surface area contributed by atoms with Crippen molar-refractivity contribution >= 4 is 17.5 Å². The molecular formula is C20H23F2N3O3. The Bertz CT molecular complexity index is 843. The Morgan fingerprint density at radius 3 is 2.54 bits per heavy atom. The number of hydrogen-bond donors (Lipinski definition) is 3. The van der Waals surface area contributed by atoms with E-state index < -0.39 is 29.5 Å². The third-order valence-corrected chi connectivity index (χ3v) is 3.94. The van der Waals surface area contributed by atoms with Crippen molar-refractivity contribution in [1.29, 1.82) is 0 Å². The first-order chi connectivity index (χ1) is 13.3. The fourth-order valence-corrected chi connectivity index (χ4v) is 2.28. The Balaban J connectivity index is 1.87. The molecule has 0 heterocycles. The Morgan fingerprint density at radius 2 is 1.89 bits per heavy atom. The Morgan fingerprint density at radius 1 is 1.14 bits per heavy atom.